The maximum atomic E-state index is 12.1. The lowest BCUT2D eigenvalue weighted by molar-refractivity contribution is -0.0500. The number of halogens is 3. The molecule has 1 aliphatic carbocycles. The highest BCUT2D eigenvalue weighted by atomic mass is 32.2. The molecule has 1 aliphatic rings. The normalized spacial score (nSPS) is 15.6. The summed E-state index contributed by atoms with van der Waals surface area (Å²) in [4.78, 5) is 11.4. The van der Waals surface area contributed by atoms with Crippen molar-refractivity contribution in [3.05, 3.63) is 29.3 Å². The maximum absolute atomic E-state index is 12.1. The third kappa shape index (κ3) is 2.20. The summed E-state index contributed by atoms with van der Waals surface area (Å²) < 4.78 is 61.7. The number of alkyl halides is 3. The highest BCUT2D eigenvalue weighted by molar-refractivity contribution is 7.88. The first-order valence-electron chi connectivity index (χ1n) is 4.87. The Labute approximate surface area is 100 Å². The van der Waals surface area contributed by atoms with Crippen LogP contribution in [0.25, 0.3) is 0 Å². The van der Waals surface area contributed by atoms with Gasteiger partial charge in [0, 0.05) is 12.0 Å². The molecule has 0 atom stereocenters. The van der Waals surface area contributed by atoms with Crippen molar-refractivity contribution in [2.45, 2.75) is 18.3 Å². The van der Waals surface area contributed by atoms with Crippen LogP contribution in [0.3, 0.4) is 0 Å². The van der Waals surface area contributed by atoms with E-state index in [4.69, 9.17) is 0 Å². The Morgan fingerprint density at radius 1 is 1.17 bits per heavy atom. The van der Waals surface area contributed by atoms with Crippen molar-refractivity contribution in [2.24, 2.45) is 0 Å². The minimum atomic E-state index is -5.70. The number of carbonyl (C=O) groups is 1. The molecule has 0 heterocycles. The van der Waals surface area contributed by atoms with Gasteiger partial charge in [-0.05, 0) is 24.1 Å². The van der Waals surface area contributed by atoms with E-state index < -0.39 is 21.4 Å². The average Bonchev–Trinajstić information content (AvgIpc) is 2.58. The topological polar surface area (TPSA) is 60.4 Å². The lowest BCUT2D eigenvalue weighted by Crippen LogP contribution is -2.28. The summed E-state index contributed by atoms with van der Waals surface area (Å²) in [5.74, 6) is -0.749. The summed E-state index contributed by atoms with van der Waals surface area (Å²) in [6, 6.07) is 3.51. The molecule has 2 rings (SSSR count). The van der Waals surface area contributed by atoms with Gasteiger partial charge in [-0.1, -0.05) is 6.07 Å². The zero-order chi connectivity index (χ0) is 13.6. The Morgan fingerprint density at radius 2 is 1.83 bits per heavy atom. The summed E-state index contributed by atoms with van der Waals surface area (Å²) in [7, 11) is -5.70. The molecule has 0 aromatic heterocycles. The summed E-state index contributed by atoms with van der Waals surface area (Å²) in [5, 5.41) is 0. The third-order valence-electron chi connectivity index (χ3n) is 2.49. The van der Waals surface area contributed by atoms with Crippen LogP contribution in [0.15, 0.2) is 18.2 Å². The largest absolute Gasteiger partial charge is 0.534 e. The second-order valence-electron chi connectivity index (χ2n) is 3.73. The first-order valence-corrected chi connectivity index (χ1v) is 6.28. The van der Waals surface area contributed by atoms with E-state index in [1.165, 1.54) is 6.07 Å². The molecule has 0 saturated heterocycles. The molecule has 0 spiro atoms. The predicted molar refractivity (Wildman–Crippen MR) is 54.7 cm³/mol. The van der Waals surface area contributed by atoms with Crippen molar-refractivity contribution in [2.75, 3.05) is 0 Å². The number of hydrogen-bond acceptors (Lipinski definition) is 4. The highest BCUT2D eigenvalue weighted by Gasteiger charge is 2.48. The lowest BCUT2D eigenvalue weighted by atomic mass is 10.1. The van der Waals surface area contributed by atoms with Gasteiger partial charge >= 0.3 is 15.6 Å². The molecular weight excluding hydrogens is 273 g/mol. The van der Waals surface area contributed by atoms with Crippen LogP contribution in [0.1, 0.15) is 22.3 Å². The van der Waals surface area contributed by atoms with Crippen molar-refractivity contribution in [1.29, 1.82) is 0 Å². The van der Waals surface area contributed by atoms with Gasteiger partial charge in [0.15, 0.2) is 5.78 Å². The van der Waals surface area contributed by atoms with Crippen molar-refractivity contribution >= 4 is 15.9 Å². The van der Waals surface area contributed by atoms with Gasteiger partial charge in [-0.15, -0.1) is 0 Å². The molecule has 0 bridgehead atoms. The number of ketones is 1. The standard InChI is InChI=1S/C10H7F3O4S/c11-10(12,13)18(15,16)17-7-3-1-6-2-4-9(14)8(6)5-7/h1,3,5H,2,4H2. The van der Waals surface area contributed by atoms with Crippen LogP contribution in [0.2, 0.25) is 0 Å². The smallest absolute Gasteiger partial charge is 0.376 e. The molecule has 1 aromatic rings. The quantitative estimate of drug-likeness (QED) is 0.614. The summed E-state index contributed by atoms with van der Waals surface area (Å²) in [6.07, 6.45) is 0.769. The van der Waals surface area contributed by atoms with E-state index in [-0.39, 0.29) is 17.8 Å². The number of rotatable bonds is 2. The van der Waals surface area contributed by atoms with Gasteiger partial charge in [0.05, 0.1) is 0 Å². The van der Waals surface area contributed by atoms with Crippen LogP contribution >= 0.6 is 0 Å². The number of Topliss-reactive ketones (excluding diaryl/α,β-unsaturated/α-hetero) is 1. The van der Waals surface area contributed by atoms with Crippen LogP contribution in [0, 0.1) is 0 Å². The number of aryl methyl sites for hydroxylation is 1. The fourth-order valence-electron chi connectivity index (χ4n) is 1.64. The van der Waals surface area contributed by atoms with Crippen LogP contribution < -0.4 is 4.18 Å². The molecule has 0 amide bonds. The van der Waals surface area contributed by atoms with E-state index >= 15 is 0 Å². The minimum absolute atomic E-state index is 0.213. The van der Waals surface area contributed by atoms with E-state index in [9.17, 15) is 26.4 Å². The Kier molecular flexibility index (Phi) is 2.84. The Bertz CT molecular complexity index is 604. The molecular formula is C10H7F3O4S. The van der Waals surface area contributed by atoms with Gasteiger partial charge < -0.3 is 4.18 Å². The number of hydrogen-bond donors (Lipinski definition) is 0. The Hall–Kier alpha value is -1.57. The molecule has 0 aliphatic heterocycles. The van der Waals surface area contributed by atoms with Gasteiger partial charge in [0.2, 0.25) is 0 Å². The SMILES string of the molecule is O=C1CCc2ccc(OS(=O)(=O)C(F)(F)F)cc21. The molecule has 1 aromatic carbocycles. The second-order valence-corrected chi connectivity index (χ2v) is 5.26. The van der Waals surface area contributed by atoms with Crippen LogP contribution in [-0.2, 0) is 16.5 Å². The highest BCUT2D eigenvalue weighted by Crippen LogP contribution is 2.30. The molecule has 4 nitrogen and oxygen atoms in total. The van der Waals surface area contributed by atoms with Crippen LogP contribution in [0.5, 0.6) is 5.75 Å². The lowest BCUT2D eigenvalue weighted by Gasteiger charge is -2.10. The van der Waals surface area contributed by atoms with Gasteiger partial charge in [-0.3, -0.25) is 4.79 Å². The molecule has 0 radical (unpaired) electrons. The van der Waals surface area contributed by atoms with E-state index in [0.717, 1.165) is 12.1 Å². The van der Waals surface area contributed by atoms with Crippen molar-refractivity contribution in [3.63, 3.8) is 0 Å². The second kappa shape index (κ2) is 3.98. The Balaban J connectivity index is 2.33. The summed E-state index contributed by atoms with van der Waals surface area (Å²) >= 11 is 0. The van der Waals surface area contributed by atoms with Crippen molar-refractivity contribution in [3.8, 4) is 5.75 Å². The van der Waals surface area contributed by atoms with Gasteiger partial charge in [-0.2, -0.15) is 21.6 Å². The third-order valence-corrected chi connectivity index (χ3v) is 3.47. The first-order chi connectivity index (χ1) is 8.21. The van der Waals surface area contributed by atoms with E-state index in [1.807, 2.05) is 0 Å². The number of carbonyl (C=O) groups excluding carboxylic acids is 1. The first kappa shape index (κ1) is 12.9. The van der Waals surface area contributed by atoms with E-state index in [0.29, 0.717) is 12.0 Å². The minimum Gasteiger partial charge on any atom is -0.376 e. The predicted octanol–water partition coefficient (Wildman–Crippen LogP) is 2.04. The summed E-state index contributed by atoms with van der Waals surface area (Å²) in [5.41, 5.74) is -4.60. The van der Waals surface area contributed by atoms with Crippen molar-refractivity contribution < 1.29 is 30.6 Å². The molecule has 8 heteroatoms. The summed E-state index contributed by atoms with van der Waals surface area (Å²) in [6.45, 7) is 0. The van der Waals surface area contributed by atoms with Gasteiger partial charge in [0.25, 0.3) is 0 Å². The zero-order valence-corrected chi connectivity index (χ0v) is 9.64. The van der Waals surface area contributed by atoms with E-state index in [1.54, 1.807) is 0 Å². The maximum Gasteiger partial charge on any atom is 0.534 e. The van der Waals surface area contributed by atoms with Crippen LogP contribution in [-0.4, -0.2) is 19.7 Å². The number of fused-ring (bicyclic) bond motifs is 1. The fourth-order valence-corrected chi connectivity index (χ4v) is 2.09. The van der Waals surface area contributed by atoms with Crippen LogP contribution in [0.4, 0.5) is 13.2 Å². The monoisotopic (exact) mass is 280 g/mol. The zero-order valence-electron chi connectivity index (χ0n) is 8.82. The van der Waals surface area contributed by atoms with Gasteiger partial charge in [0.1, 0.15) is 5.75 Å². The Morgan fingerprint density at radius 3 is 2.44 bits per heavy atom. The fraction of sp³-hybridized carbons (Fsp3) is 0.300. The molecule has 0 N–H and O–H groups in total. The molecule has 0 saturated carbocycles. The van der Waals surface area contributed by atoms with Crippen molar-refractivity contribution in [1.82, 2.24) is 0 Å². The van der Waals surface area contributed by atoms with E-state index in [2.05, 4.69) is 4.18 Å². The molecule has 18 heavy (non-hydrogen) atoms. The molecule has 0 fully saturated rings. The molecule has 0 unspecified atom stereocenters. The average molecular weight is 280 g/mol. The number of benzene rings is 1. The van der Waals surface area contributed by atoms with Gasteiger partial charge in [-0.25, -0.2) is 0 Å². The molecule has 98 valence electrons.